The number of aryl methyl sites for hydroxylation is 1. The Kier molecular flexibility index (Phi) is 5.89. The molecule has 0 aliphatic rings. The zero-order valence-electron chi connectivity index (χ0n) is 14.1. The highest BCUT2D eigenvalue weighted by Gasteiger charge is 2.12. The molecule has 6 nitrogen and oxygen atoms in total. The van der Waals surface area contributed by atoms with Gasteiger partial charge in [-0.15, -0.1) is 0 Å². The molecule has 1 aromatic heterocycles. The highest BCUT2D eigenvalue weighted by Crippen LogP contribution is 2.17. The van der Waals surface area contributed by atoms with Crippen molar-refractivity contribution >= 4 is 17.6 Å². The quantitative estimate of drug-likeness (QED) is 0.790. The van der Waals surface area contributed by atoms with Crippen LogP contribution in [0.25, 0.3) is 0 Å². The number of benzene rings is 1. The minimum atomic E-state index is -0.318. The van der Waals surface area contributed by atoms with Gasteiger partial charge < -0.3 is 16.0 Å². The van der Waals surface area contributed by atoms with Crippen molar-refractivity contribution in [1.29, 1.82) is 0 Å². The van der Waals surface area contributed by atoms with E-state index in [2.05, 4.69) is 20.9 Å². The van der Waals surface area contributed by atoms with Crippen molar-refractivity contribution in [1.82, 2.24) is 15.6 Å². The Morgan fingerprint density at radius 2 is 2.00 bits per heavy atom. The van der Waals surface area contributed by atoms with Gasteiger partial charge in [0.1, 0.15) is 0 Å². The fourth-order valence-electron chi connectivity index (χ4n) is 2.27. The lowest BCUT2D eigenvalue weighted by atomic mass is 10.1. The SMILES string of the molecule is CCNC(=O)c1ccc(NC(=O)NC(C)c2ccccn2)c(C)c1. The molecule has 1 atom stereocenters. The number of urea groups is 1. The van der Waals surface area contributed by atoms with E-state index in [1.165, 1.54) is 0 Å². The lowest BCUT2D eigenvalue weighted by Crippen LogP contribution is -2.31. The average Bonchev–Trinajstić information content (AvgIpc) is 2.57. The van der Waals surface area contributed by atoms with E-state index in [1.807, 2.05) is 39.0 Å². The minimum Gasteiger partial charge on any atom is -0.352 e. The fraction of sp³-hybridized carbons (Fsp3) is 0.278. The third-order valence-electron chi connectivity index (χ3n) is 3.55. The molecule has 0 radical (unpaired) electrons. The maximum absolute atomic E-state index is 12.1. The van der Waals surface area contributed by atoms with Gasteiger partial charge in [-0.3, -0.25) is 9.78 Å². The number of hydrogen-bond acceptors (Lipinski definition) is 3. The van der Waals surface area contributed by atoms with Crippen LogP contribution < -0.4 is 16.0 Å². The van der Waals surface area contributed by atoms with Crippen molar-refractivity contribution in [3.63, 3.8) is 0 Å². The molecule has 1 heterocycles. The molecule has 0 saturated carbocycles. The molecule has 0 bridgehead atoms. The number of aromatic nitrogens is 1. The molecule has 2 aromatic rings. The Balaban J connectivity index is 2.00. The van der Waals surface area contributed by atoms with Gasteiger partial charge in [0.2, 0.25) is 0 Å². The molecule has 1 aromatic carbocycles. The van der Waals surface area contributed by atoms with Crippen LogP contribution in [-0.4, -0.2) is 23.5 Å². The Hall–Kier alpha value is -2.89. The first-order valence-electron chi connectivity index (χ1n) is 7.88. The van der Waals surface area contributed by atoms with E-state index in [9.17, 15) is 9.59 Å². The predicted molar refractivity (Wildman–Crippen MR) is 94.0 cm³/mol. The maximum atomic E-state index is 12.1. The van der Waals surface area contributed by atoms with E-state index >= 15 is 0 Å². The standard InChI is InChI=1S/C18H22N4O2/c1-4-19-17(23)14-8-9-15(12(2)11-14)22-18(24)21-13(3)16-7-5-6-10-20-16/h5-11,13H,4H2,1-3H3,(H,19,23)(H2,21,22,24). The van der Waals surface area contributed by atoms with Crippen LogP contribution in [0, 0.1) is 6.92 Å². The molecule has 0 aliphatic carbocycles. The van der Waals surface area contributed by atoms with Gasteiger partial charge in [0, 0.05) is 24.0 Å². The van der Waals surface area contributed by atoms with Gasteiger partial charge in [0.15, 0.2) is 0 Å². The second kappa shape index (κ2) is 8.10. The summed E-state index contributed by atoms with van der Waals surface area (Å²) in [6.45, 7) is 6.16. The highest BCUT2D eigenvalue weighted by molar-refractivity contribution is 5.96. The summed E-state index contributed by atoms with van der Waals surface area (Å²) in [6, 6.07) is 10.2. The number of rotatable bonds is 5. The first-order valence-corrected chi connectivity index (χ1v) is 7.88. The van der Waals surface area contributed by atoms with Gasteiger partial charge in [0.25, 0.3) is 5.91 Å². The monoisotopic (exact) mass is 326 g/mol. The van der Waals surface area contributed by atoms with Crippen molar-refractivity contribution < 1.29 is 9.59 Å². The predicted octanol–water partition coefficient (Wildman–Crippen LogP) is 3.02. The van der Waals surface area contributed by atoms with Crippen LogP contribution in [0.1, 0.15) is 41.5 Å². The summed E-state index contributed by atoms with van der Waals surface area (Å²) >= 11 is 0. The number of pyridine rings is 1. The van der Waals surface area contributed by atoms with Crippen molar-refractivity contribution in [3.05, 3.63) is 59.4 Å². The van der Waals surface area contributed by atoms with Crippen molar-refractivity contribution in [3.8, 4) is 0 Å². The molecule has 126 valence electrons. The third kappa shape index (κ3) is 4.55. The third-order valence-corrected chi connectivity index (χ3v) is 3.55. The van der Waals surface area contributed by atoms with Crippen LogP contribution in [0.2, 0.25) is 0 Å². The number of carbonyl (C=O) groups excluding carboxylic acids is 2. The lowest BCUT2D eigenvalue weighted by Gasteiger charge is -2.15. The molecule has 0 spiro atoms. The largest absolute Gasteiger partial charge is 0.352 e. The van der Waals surface area contributed by atoms with Crippen LogP contribution in [-0.2, 0) is 0 Å². The number of hydrogen-bond donors (Lipinski definition) is 3. The second-order valence-corrected chi connectivity index (χ2v) is 5.46. The van der Waals surface area contributed by atoms with Gasteiger partial charge in [-0.1, -0.05) is 6.07 Å². The number of nitrogens with zero attached hydrogens (tertiary/aromatic N) is 1. The fourth-order valence-corrected chi connectivity index (χ4v) is 2.27. The van der Waals surface area contributed by atoms with E-state index in [0.717, 1.165) is 11.3 Å². The van der Waals surface area contributed by atoms with E-state index in [-0.39, 0.29) is 18.0 Å². The normalized spacial score (nSPS) is 11.5. The van der Waals surface area contributed by atoms with E-state index < -0.39 is 0 Å². The number of anilines is 1. The van der Waals surface area contributed by atoms with E-state index in [0.29, 0.717) is 17.8 Å². The Morgan fingerprint density at radius 1 is 1.21 bits per heavy atom. The highest BCUT2D eigenvalue weighted by atomic mass is 16.2. The summed E-state index contributed by atoms with van der Waals surface area (Å²) in [6.07, 6.45) is 1.69. The van der Waals surface area contributed by atoms with Gasteiger partial charge in [-0.2, -0.15) is 0 Å². The molecule has 2 rings (SSSR count). The molecular weight excluding hydrogens is 304 g/mol. The summed E-state index contributed by atoms with van der Waals surface area (Å²) in [5, 5.41) is 8.39. The molecule has 6 heteroatoms. The first-order chi connectivity index (χ1) is 11.5. The smallest absolute Gasteiger partial charge is 0.319 e. The number of nitrogens with one attached hydrogen (secondary N) is 3. The molecule has 0 saturated heterocycles. The van der Waals surface area contributed by atoms with Gasteiger partial charge in [-0.25, -0.2) is 4.79 Å². The van der Waals surface area contributed by atoms with Crippen LogP contribution in [0.15, 0.2) is 42.6 Å². The van der Waals surface area contributed by atoms with Crippen LogP contribution >= 0.6 is 0 Å². The average molecular weight is 326 g/mol. The first kappa shape index (κ1) is 17.5. The molecular formula is C18H22N4O2. The molecule has 3 amide bonds. The summed E-state index contributed by atoms with van der Waals surface area (Å²) in [5.41, 5.74) is 2.84. The maximum Gasteiger partial charge on any atom is 0.319 e. The van der Waals surface area contributed by atoms with Crippen LogP contribution in [0.3, 0.4) is 0 Å². The molecule has 3 N–H and O–H groups in total. The summed E-state index contributed by atoms with van der Waals surface area (Å²) in [5.74, 6) is -0.125. The van der Waals surface area contributed by atoms with Crippen molar-refractivity contribution in [2.45, 2.75) is 26.8 Å². The van der Waals surface area contributed by atoms with Crippen molar-refractivity contribution in [2.24, 2.45) is 0 Å². The Morgan fingerprint density at radius 3 is 2.62 bits per heavy atom. The van der Waals surface area contributed by atoms with Gasteiger partial charge in [-0.05, 0) is 56.7 Å². The van der Waals surface area contributed by atoms with Gasteiger partial charge >= 0.3 is 6.03 Å². The second-order valence-electron chi connectivity index (χ2n) is 5.46. The zero-order chi connectivity index (χ0) is 17.5. The molecule has 1 unspecified atom stereocenters. The Bertz CT molecular complexity index is 716. The topological polar surface area (TPSA) is 83.1 Å². The summed E-state index contributed by atoms with van der Waals surface area (Å²) in [7, 11) is 0. The molecule has 24 heavy (non-hydrogen) atoms. The minimum absolute atomic E-state index is 0.125. The van der Waals surface area contributed by atoms with Gasteiger partial charge in [0.05, 0.1) is 11.7 Å². The Labute approximate surface area is 141 Å². The van der Waals surface area contributed by atoms with E-state index in [1.54, 1.807) is 24.4 Å². The summed E-state index contributed by atoms with van der Waals surface area (Å²) in [4.78, 5) is 28.2. The molecule has 0 aliphatic heterocycles. The van der Waals surface area contributed by atoms with Crippen molar-refractivity contribution in [2.75, 3.05) is 11.9 Å². The lowest BCUT2D eigenvalue weighted by molar-refractivity contribution is 0.0955. The summed E-state index contributed by atoms with van der Waals surface area (Å²) < 4.78 is 0. The number of carbonyl (C=O) groups is 2. The zero-order valence-corrected chi connectivity index (χ0v) is 14.1. The van der Waals surface area contributed by atoms with Crippen LogP contribution in [0.4, 0.5) is 10.5 Å². The molecule has 0 fully saturated rings. The van der Waals surface area contributed by atoms with Crippen LogP contribution in [0.5, 0.6) is 0 Å². The number of amides is 3. The van der Waals surface area contributed by atoms with E-state index in [4.69, 9.17) is 0 Å².